The van der Waals surface area contributed by atoms with E-state index in [1.54, 1.807) is 6.92 Å². The summed E-state index contributed by atoms with van der Waals surface area (Å²) in [6, 6.07) is 3.90. The van der Waals surface area contributed by atoms with Crippen molar-refractivity contribution in [2.75, 3.05) is 11.9 Å². The molecule has 6 nitrogen and oxygen atoms in total. The van der Waals surface area contributed by atoms with Crippen LogP contribution in [0.1, 0.15) is 24.9 Å². The zero-order chi connectivity index (χ0) is 17.9. The highest BCUT2D eigenvalue weighted by Crippen LogP contribution is 2.26. The van der Waals surface area contributed by atoms with Crippen molar-refractivity contribution in [3.63, 3.8) is 0 Å². The fourth-order valence-electron chi connectivity index (χ4n) is 1.68. The van der Waals surface area contributed by atoms with Crippen LogP contribution in [0.4, 0.5) is 18.9 Å². The summed E-state index contributed by atoms with van der Waals surface area (Å²) >= 11 is 1.14. The highest BCUT2D eigenvalue weighted by atomic mass is 32.1. The smallest absolute Gasteiger partial charge is 0.422 e. The molecule has 0 unspecified atom stereocenters. The maximum Gasteiger partial charge on any atom is 0.422 e. The summed E-state index contributed by atoms with van der Waals surface area (Å²) in [5, 5.41) is 2.58. The molecule has 0 aromatic carbocycles. The number of alkyl halides is 3. The van der Waals surface area contributed by atoms with Crippen molar-refractivity contribution >= 4 is 28.8 Å². The first-order chi connectivity index (χ1) is 11.2. The molecule has 0 aliphatic heterocycles. The van der Waals surface area contributed by atoms with Gasteiger partial charge in [-0.15, -0.1) is 11.3 Å². The van der Waals surface area contributed by atoms with Crippen molar-refractivity contribution < 1.29 is 27.5 Å². The lowest BCUT2D eigenvalue weighted by Gasteiger charge is -2.08. The number of aromatic nitrogens is 1. The molecule has 2 aromatic heterocycles. The third-order valence-electron chi connectivity index (χ3n) is 2.79. The van der Waals surface area contributed by atoms with Crippen LogP contribution in [-0.4, -0.2) is 29.6 Å². The molecule has 0 fully saturated rings. The van der Waals surface area contributed by atoms with Crippen LogP contribution < -0.4 is 15.8 Å². The lowest BCUT2D eigenvalue weighted by atomic mass is 10.2. The van der Waals surface area contributed by atoms with Crippen molar-refractivity contribution in [2.24, 2.45) is 5.73 Å². The Hall–Kier alpha value is -2.62. The van der Waals surface area contributed by atoms with Crippen molar-refractivity contribution in [3.8, 4) is 5.88 Å². The van der Waals surface area contributed by atoms with Gasteiger partial charge in [-0.2, -0.15) is 13.2 Å². The Morgan fingerprint density at radius 3 is 2.58 bits per heavy atom. The van der Waals surface area contributed by atoms with Gasteiger partial charge in [0.1, 0.15) is 0 Å². The number of halogens is 3. The van der Waals surface area contributed by atoms with E-state index in [4.69, 9.17) is 5.73 Å². The number of rotatable bonds is 5. The molecular formula is C14H12F3N3O3S. The van der Waals surface area contributed by atoms with E-state index in [1.807, 2.05) is 0 Å². The average Bonchev–Trinajstić information content (AvgIpc) is 2.86. The van der Waals surface area contributed by atoms with Gasteiger partial charge in [-0.1, -0.05) is 0 Å². The number of nitrogens with one attached hydrogen (secondary N) is 1. The molecular weight excluding hydrogens is 347 g/mol. The quantitative estimate of drug-likeness (QED) is 0.858. The molecule has 128 valence electrons. The van der Waals surface area contributed by atoms with Crippen molar-refractivity contribution in [2.45, 2.75) is 13.1 Å². The third kappa shape index (κ3) is 4.69. The number of carbonyl (C=O) groups excluding carboxylic acids is 2. The van der Waals surface area contributed by atoms with Crippen LogP contribution in [0.3, 0.4) is 0 Å². The second-order valence-corrected chi connectivity index (χ2v) is 5.94. The molecule has 0 saturated carbocycles. The number of hydrogen-bond acceptors (Lipinski definition) is 5. The molecule has 2 rings (SSSR count). The van der Waals surface area contributed by atoms with Gasteiger partial charge in [-0.05, 0) is 19.1 Å². The van der Waals surface area contributed by atoms with Crippen LogP contribution in [0.2, 0.25) is 0 Å². The number of hydrogen-bond donors (Lipinski definition) is 2. The molecule has 2 aromatic rings. The molecule has 3 N–H and O–H groups in total. The third-order valence-corrected chi connectivity index (χ3v) is 3.86. The maximum absolute atomic E-state index is 12.1. The molecule has 24 heavy (non-hydrogen) atoms. The number of anilines is 1. The number of amides is 2. The SMILES string of the molecule is Cc1sc(C(N)=O)cc1NC(=O)c1ccc(OCC(F)(F)F)nc1. The van der Waals surface area contributed by atoms with E-state index in [1.165, 1.54) is 12.1 Å². The van der Waals surface area contributed by atoms with Gasteiger partial charge in [0.25, 0.3) is 11.8 Å². The minimum atomic E-state index is -4.47. The van der Waals surface area contributed by atoms with E-state index in [0.29, 0.717) is 15.4 Å². The van der Waals surface area contributed by atoms with Gasteiger partial charge in [0.15, 0.2) is 6.61 Å². The second-order valence-electron chi connectivity index (χ2n) is 4.69. The van der Waals surface area contributed by atoms with Crippen LogP contribution >= 0.6 is 11.3 Å². The van der Waals surface area contributed by atoms with E-state index in [0.717, 1.165) is 23.6 Å². The maximum atomic E-state index is 12.1. The normalized spacial score (nSPS) is 11.2. The minimum Gasteiger partial charge on any atom is -0.468 e. The number of nitrogens with zero attached hydrogens (tertiary/aromatic N) is 1. The summed E-state index contributed by atoms with van der Waals surface area (Å²) in [5.41, 5.74) is 5.72. The summed E-state index contributed by atoms with van der Waals surface area (Å²) in [4.78, 5) is 27.8. The van der Waals surface area contributed by atoms with Crippen molar-refractivity contribution in [3.05, 3.63) is 39.7 Å². The van der Waals surface area contributed by atoms with Gasteiger partial charge in [-0.25, -0.2) is 4.98 Å². The molecule has 10 heteroatoms. The van der Waals surface area contributed by atoms with Crippen molar-refractivity contribution in [1.29, 1.82) is 0 Å². The molecule has 0 atom stereocenters. The van der Waals surface area contributed by atoms with Gasteiger partial charge in [0.2, 0.25) is 5.88 Å². The fourth-order valence-corrected chi connectivity index (χ4v) is 2.51. The largest absolute Gasteiger partial charge is 0.468 e. The molecule has 2 amide bonds. The number of primary amides is 1. The lowest BCUT2D eigenvalue weighted by molar-refractivity contribution is -0.154. The van der Waals surface area contributed by atoms with E-state index < -0.39 is 24.6 Å². The molecule has 0 spiro atoms. The Morgan fingerprint density at radius 2 is 2.08 bits per heavy atom. The first-order valence-electron chi connectivity index (χ1n) is 6.53. The summed E-state index contributed by atoms with van der Waals surface area (Å²) in [6.07, 6.45) is -3.37. The molecule has 2 heterocycles. The van der Waals surface area contributed by atoms with Gasteiger partial charge in [0, 0.05) is 17.1 Å². The highest BCUT2D eigenvalue weighted by molar-refractivity contribution is 7.14. The van der Waals surface area contributed by atoms with Gasteiger partial charge < -0.3 is 15.8 Å². The predicted octanol–water partition coefficient (Wildman–Crippen LogP) is 2.74. The Labute approximate surface area is 138 Å². The van der Waals surface area contributed by atoms with Crippen LogP contribution in [0, 0.1) is 6.92 Å². The molecule has 0 aliphatic rings. The Morgan fingerprint density at radius 1 is 1.38 bits per heavy atom. The average molecular weight is 359 g/mol. The fraction of sp³-hybridized carbons (Fsp3) is 0.214. The first-order valence-corrected chi connectivity index (χ1v) is 7.34. The molecule has 0 radical (unpaired) electrons. The van der Waals surface area contributed by atoms with Gasteiger partial charge in [-0.3, -0.25) is 9.59 Å². The van der Waals surface area contributed by atoms with Crippen LogP contribution in [-0.2, 0) is 0 Å². The topological polar surface area (TPSA) is 94.3 Å². The van der Waals surface area contributed by atoms with Crippen molar-refractivity contribution in [1.82, 2.24) is 4.98 Å². The number of thiophene rings is 1. The van der Waals surface area contributed by atoms with E-state index >= 15 is 0 Å². The van der Waals surface area contributed by atoms with Gasteiger partial charge >= 0.3 is 6.18 Å². The summed E-state index contributed by atoms with van der Waals surface area (Å²) < 4.78 is 40.6. The van der Waals surface area contributed by atoms with Crippen LogP contribution in [0.25, 0.3) is 0 Å². The number of carbonyl (C=O) groups is 2. The predicted molar refractivity (Wildman–Crippen MR) is 81.3 cm³/mol. The number of nitrogens with two attached hydrogens (primary N) is 1. The summed E-state index contributed by atoms with van der Waals surface area (Å²) in [5.74, 6) is -1.37. The zero-order valence-electron chi connectivity index (χ0n) is 12.3. The summed E-state index contributed by atoms with van der Waals surface area (Å²) in [7, 11) is 0. The Kier molecular flexibility index (Phi) is 5.07. The van der Waals surface area contributed by atoms with E-state index in [9.17, 15) is 22.8 Å². The van der Waals surface area contributed by atoms with E-state index in [2.05, 4.69) is 15.0 Å². The van der Waals surface area contributed by atoms with E-state index in [-0.39, 0.29) is 11.4 Å². The van der Waals surface area contributed by atoms with Gasteiger partial charge in [0.05, 0.1) is 16.1 Å². The molecule has 0 saturated heterocycles. The molecule has 0 bridgehead atoms. The first kappa shape index (κ1) is 17.7. The Balaban J connectivity index is 2.04. The minimum absolute atomic E-state index is 0.126. The number of aryl methyl sites for hydroxylation is 1. The monoisotopic (exact) mass is 359 g/mol. The number of pyridine rings is 1. The standard InChI is InChI=1S/C14H12F3N3O3S/c1-7-9(4-10(24-7)12(18)21)20-13(22)8-2-3-11(19-5-8)23-6-14(15,16)17/h2-5H,6H2,1H3,(H2,18,21)(H,20,22). The zero-order valence-corrected chi connectivity index (χ0v) is 13.1. The lowest BCUT2D eigenvalue weighted by Crippen LogP contribution is -2.19. The van der Waals surface area contributed by atoms with Crippen LogP contribution in [0.5, 0.6) is 5.88 Å². The van der Waals surface area contributed by atoms with Crippen LogP contribution in [0.15, 0.2) is 24.4 Å². The number of ether oxygens (including phenoxy) is 1. The Bertz CT molecular complexity index is 757. The highest BCUT2D eigenvalue weighted by Gasteiger charge is 2.28. The second kappa shape index (κ2) is 6.87. The molecule has 0 aliphatic carbocycles. The summed E-state index contributed by atoms with van der Waals surface area (Å²) in [6.45, 7) is 0.245.